The molecule has 2 fully saturated rings. The first-order valence-electron chi connectivity index (χ1n) is 14.8. The summed E-state index contributed by atoms with van der Waals surface area (Å²) in [6, 6.07) is 11.1. The number of nitrogens with zero attached hydrogens (tertiary/aromatic N) is 1. The van der Waals surface area contributed by atoms with E-state index in [0.29, 0.717) is 24.2 Å². The molecule has 1 amide bonds. The van der Waals surface area contributed by atoms with Crippen LogP contribution in [0.5, 0.6) is 5.75 Å². The van der Waals surface area contributed by atoms with E-state index in [4.69, 9.17) is 25.8 Å². The summed E-state index contributed by atoms with van der Waals surface area (Å²) in [4.78, 5) is 15.5. The number of aryl methyl sites for hydroxylation is 1. The Morgan fingerprint density at radius 2 is 1.93 bits per heavy atom. The molecule has 6 rings (SSSR count). The number of sulfonamides is 1. The van der Waals surface area contributed by atoms with E-state index in [1.54, 1.807) is 18.2 Å². The molecule has 0 aromatic heterocycles. The highest BCUT2D eigenvalue weighted by atomic mass is 35.5. The summed E-state index contributed by atoms with van der Waals surface area (Å²) in [5.74, 6) is 0.632. The molecule has 1 saturated carbocycles. The average Bonchev–Trinajstić information content (AvgIpc) is 2.93. The van der Waals surface area contributed by atoms with Crippen LogP contribution in [-0.2, 0) is 32.5 Å². The number of hydrogen-bond donors (Lipinski definition) is 1. The van der Waals surface area contributed by atoms with Crippen molar-refractivity contribution in [2.45, 2.75) is 76.8 Å². The summed E-state index contributed by atoms with van der Waals surface area (Å²) in [7, 11) is -3.87. The third kappa shape index (κ3) is 6.69. The molecule has 222 valence electrons. The van der Waals surface area contributed by atoms with Gasteiger partial charge in [-0.05, 0) is 98.7 Å². The zero-order valence-electron chi connectivity index (χ0n) is 23.5. The number of anilines is 1. The average molecular weight is 603 g/mol. The Morgan fingerprint density at radius 1 is 1.05 bits per heavy atom. The topological polar surface area (TPSA) is 94.2 Å². The Hall–Kier alpha value is -2.33. The number of carbonyl (C=O) groups excluding carboxylic acids is 1. The monoisotopic (exact) mass is 602 g/mol. The third-order valence-electron chi connectivity index (χ3n) is 9.10. The fraction of sp³-hybridized carbons (Fsp3) is 0.581. The molecular weight excluding hydrogens is 564 g/mol. The number of nitrogens with one attached hydrogen (secondary N) is 1. The van der Waals surface area contributed by atoms with E-state index in [-0.39, 0.29) is 36.2 Å². The van der Waals surface area contributed by atoms with Crippen LogP contribution in [0.3, 0.4) is 0 Å². The van der Waals surface area contributed by atoms with Crippen LogP contribution in [0.2, 0.25) is 5.02 Å². The van der Waals surface area contributed by atoms with Gasteiger partial charge in [0.1, 0.15) is 12.4 Å². The minimum absolute atomic E-state index is 0.0410. The van der Waals surface area contributed by atoms with E-state index < -0.39 is 15.9 Å². The summed E-state index contributed by atoms with van der Waals surface area (Å²) in [6.07, 6.45) is 6.71. The van der Waals surface area contributed by atoms with Crippen LogP contribution < -0.4 is 14.4 Å². The van der Waals surface area contributed by atoms with Gasteiger partial charge in [0.15, 0.2) is 0 Å². The summed E-state index contributed by atoms with van der Waals surface area (Å²) < 4.78 is 46.7. The molecule has 3 aliphatic heterocycles. The minimum Gasteiger partial charge on any atom is -0.487 e. The number of hydrogen-bond acceptors (Lipinski definition) is 7. The first-order valence-corrected chi connectivity index (χ1v) is 16.9. The maximum atomic E-state index is 13.2. The molecule has 0 spiro atoms. The number of halogens is 1. The van der Waals surface area contributed by atoms with E-state index in [9.17, 15) is 13.2 Å². The maximum Gasteiger partial charge on any atom is 0.264 e. The van der Waals surface area contributed by atoms with Crippen molar-refractivity contribution < 1.29 is 27.4 Å². The highest BCUT2D eigenvalue weighted by Gasteiger charge is 2.42. The van der Waals surface area contributed by atoms with Gasteiger partial charge in [-0.15, -0.1) is 0 Å². The van der Waals surface area contributed by atoms with Crippen LogP contribution >= 0.6 is 11.6 Å². The SMILES string of the molecule is C[C@H]1C[C@H]2C[C@H](O1)[C@@H]1CC[C@H]1CN1CCCCc3cc(Cl)ccc3COc3ccc(cc31)C(=O)NS(=O)(=O)CCO2. The molecule has 8 nitrogen and oxygen atoms in total. The second-order valence-electron chi connectivity index (χ2n) is 12.0. The predicted octanol–water partition coefficient (Wildman–Crippen LogP) is 5.11. The predicted molar refractivity (Wildman–Crippen MR) is 158 cm³/mol. The second kappa shape index (κ2) is 12.1. The molecule has 0 radical (unpaired) electrons. The first-order chi connectivity index (χ1) is 19.7. The van der Waals surface area contributed by atoms with Gasteiger partial charge in [-0.25, -0.2) is 13.1 Å². The lowest BCUT2D eigenvalue weighted by Gasteiger charge is -2.47. The molecule has 41 heavy (non-hydrogen) atoms. The lowest BCUT2D eigenvalue weighted by molar-refractivity contribution is -0.146. The first kappa shape index (κ1) is 28.8. The molecule has 5 atom stereocenters. The summed E-state index contributed by atoms with van der Waals surface area (Å²) >= 11 is 6.32. The van der Waals surface area contributed by atoms with Gasteiger partial charge >= 0.3 is 0 Å². The Morgan fingerprint density at radius 3 is 2.76 bits per heavy atom. The Kier molecular flexibility index (Phi) is 8.50. The smallest absolute Gasteiger partial charge is 0.264 e. The number of fused-ring (bicyclic) bond motifs is 6. The summed E-state index contributed by atoms with van der Waals surface area (Å²) in [5, 5.41) is 0.720. The number of ether oxygens (including phenoxy) is 3. The van der Waals surface area contributed by atoms with E-state index in [1.807, 2.05) is 18.2 Å². The molecule has 4 bridgehead atoms. The second-order valence-corrected chi connectivity index (χ2v) is 14.3. The molecule has 3 heterocycles. The number of benzene rings is 2. The van der Waals surface area contributed by atoms with Gasteiger partial charge < -0.3 is 19.1 Å². The van der Waals surface area contributed by atoms with Gasteiger partial charge in [-0.2, -0.15) is 0 Å². The quantitative estimate of drug-likeness (QED) is 0.448. The van der Waals surface area contributed by atoms with Gasteiger partial charge in [0.05, 0.1) is 36.4 Å². The van der Waals surface area contributed by atoms with Crippen molar-refractivity contribution in [2.24, 2.45) is 11.8 Å². The van der Waals surface area contributed by atoms with Gasteiger partial charge in [0, 0.05) is 30.1 Å². The molecule has 0 unspecified atom stereocenters. The lowest BCUT2D eigenvalue weighted by atomic mass is 9.68. The van der Waals surface area contributed by atoms with Crippen molar-refractivity contribution in [1.29, 1.82) is 0 Å². The van der Waals surface area contributed by atoms with Gasteiger partial charge in [-0.1, -0.05) is 17.7 Å². The van der Waals surface area contributed by atoms with E-state index in [2.05, 4.69) is 16.5 Å². The molecule has 1 N–H and O–H groups in total. The molecule has 10 heteroatoms. The zero-order chi connectivity index (χ0) is 28.6. The van der Waals surface area contributed by atoms with E-state index in [1.165, 1.54) is 5.56 Å². The number of rotatable bonds is 0. The van der Waals surface area contributed by atoms with Crippen molar-refractivity contribution in [2.75, 3.05) is 30.3 Å². The minimum atomic E-state index is -3.87. The Bertz CT molecular complexity index is 1380. The number of amides is 1. The fourth-order valence-electron chi connectivity index (χ4n) is 6.80. The molecule has 1 saturated heterocycles. The lowest BCUT2D eigenvalue weighted by Crippen LogP contribution is -2.49. The van der Waals surface area contributed by atoms with Crippen molar-refractivity contribution in [1.82, 2.24) is 4.72 Å². The van der Waals surface area contributed by atoms with E-state index >= 15 is 0 Å². The van der Waals surface area contributed by atoms with Crippen LogP contribution in [0.15, 0.2) is 36.4 Å². The molecule has 1 aliphatic carbocycles. The van der Waals surface area contributed by atoms with Crippen LogP contribution in [0.25, 0.3) is 0 Å². The molecule has 4 aliphatic rings. The molecular formula is C31H39ClN2O6S. The van der Waals surface area contributed by atoms with Gasteiger partial charge in [0.25, 0.3) is 5.91 Å². The van der Waals surface area contributed by atoms with Crippen molar-refractivity contribution in [3.8, 4) is 5.75 Å². The number of carbonyl (C=O) groups is 1. The van der Waals surface area contributed by atoms with Crippen LogP contribution in [-0.4, -0.2) is 58.1 Å². The zero-order valence-corrected chi connectivity index (χ0v) is 25.1. The van der Waals surface area contributed by atoms with Crippen molar-refractivity contribution >= 4 is 33.2 Å². The van der Waals surface area contributed by atoms with Crippen LogP contribution in [0.1, 0.15) is 66.9 Å². The Labute approximate surface area is 247 Å². The normalized spacial score (nSPS) is 30.3. The highest BCUT2D eigenvalue weighted by molar-refractivity contribution is 7.90. The molecule has 2 aromatic carbocycles. The highest BCUT2D eigenvalue weighted by Crippen LogP contribution is 2.44. The standard InChI is InChI=1S/C31H39ClN2O6S/c1-20-14-26-17-30(40-20)27-9-6-23(27)18-34-11-3-2-4-21-15-25(32)8-5-24(21)19-39-29-10-7-22(16-28(29)34)31(35)33-41(36,37)13-12-38-26/h5,7-8,10,15-16,20,23,26-27,30H,2-4,6,9,11-14,17-19H2,1H3,(H,33,35)/t20-,23-,26-,27+,30-/m0/s1. The van der Waals surface area contributed by atoms with Gasteiger partial charge in [-0.3, -0.25) is 4.79 Å². The Balaban J connectivity index is 1.36. The summed E-state index contributed by atoms with van der Waals surface area (Å²) in [5.41, 5.74) is 3.40. The van der Waals surface area contributed by atoms with Gasteiger partial charge in [0.2, 0.25) is 10.0 Å². The summed E-state index contributed by atoms with van der Waals surface area (Å²) in [6.45, 7) is 4.11. The van der Waals surface area contributed by atoms with Crippen LogP contribution in [0.4, 0.5) is 5.69 Å². The third-order valence-corrected chi connectivity index (χ3v) is 10.5. The maximum absolute atomic E-state index is 13.2. The largest absolute Gasteiger partial charge is 0.487 e. The van der Waals surface area contributed by atoms with Crippen molar-refractivity contribution in [3.63, 3.8) is 0 Å². The van der Waals surface area contributed by atoms with E-state index in [0.717, 1.165) is 74.3 Å². The van der Waals surface area contributed by atoms with Crippen molar-refractivity contribution in [3.05, 3.63) is 58.1 Å². The molecule has 2 aromatic rings. The fourth-order valence-corrected chi connectivity index (χ4v) is 7.81. The van der Waals surface area contributed by atoms with Crippen LogP contribution in [0, 0.1) is 11.8 Å².